The Hall–Kier alpha value is -3.12. The van der Waals surface area contributed by atoms with Gasteiger partial charge in [0.15, 0.2) is 11.0 Å². The molecule has 3 aliphatic heterocycles. The molecule has 1 saturated heterocycles. The number of aryl methyl sites for hydroxylation is 1. The lowest BCUT2D eigenvalue weighted by Gasteiger charge is -2.36. The van der Waals surface area contributed by atoms with Gasteiger partial charge in [-0.25, -0.2) is 9.00 Å². The Morgan fingerprint density at radius 3 is 2.54 bits per heavy atom. The van der Waals surface area contributed by atoms with E-state index in [9.17, 15) is 13.8 Å². The number of hydrogen-bond donors (Lipinski definition) is 1. The summed E-state index contributed by atoms with van der Waals surface area (Å²) in [5.74, 6) is 0.436. The monoisotopic (exact) mass is 756 g/mol. The zero-order chi connectivity index (χ0) is 37.4. The minimum Gasteiger partial charge on any atom is -0.491 e. The highest BCUT2D eigenvalue weighted by molar-refractivity contribution is 7.83. The smallest absolute Gasteiger partial charge is 0.410 e. The van der Waals surface area contributed by atoms with Crippen LogP contribution in [0.5, 0.6) is 5.75 Å². The lowest BCUT2D eigenvalue weighted by Crippen LogP contribution is -2.55. The number of carbonyl (C=O) groups excluding carboxylic acids is 2. The van der Waals surface area contributed by atoms with E-state index < -0.39 is 22.6 Å². The van der Waals surface area contributed by atoms with E-state index in [0.29, 0.717) is 56.5 Å². The molecule has 10 nitrogen and oxygen atoms in total. The molecule has 0 radical (unpaired) electrons. The zero-order valence-electron chi connectivity index (χ0n) is 31.7. The minimum atomic E-state index is -1.78. The number of nitrogens with zero attached hydrogens (tertiary/aromatic N) is 3. The van der Waals surface area contributed by atoms with E-state index in [2.05, 4.69) is 35.6 Å². The van der Waals surface area contributed by atoms with Crippen LogP contribution in [0.25, 0.3) is 0 Å². The number of likely N-dealkylation sites (tertiary alicyclic amines) is 1. The minimum absolute atomic E-state index is 0.0191. The first kappa shape index (κ1) is 40.1. The second-order valence-corrected chi connectivity index (χ2v) is 16.3. The lowest BCUT2D eigenvalue weighted by molar-refractivity contribution is -0.129. The molecule has 2 aromatic carbocycles. The molecule has 0 aromatic heterocycles. The highest BCUT2D eigenvalue weighted by Gasteiger charge is 2.36. The Bertz CT molecular complexity index is 1600. The van der Waals surface area contributed by atoms with E-state index in [1.807, 2.05) is 56.0 Å². The number of benzene rings is 2. The number of likely N-dealkylation sites (N-methyl/N-ethyl adjacent to an activating group) is 1. The number of halogens is 1. The predicted molar refractivity (Wildman–Crippen MR) is 208 cm³/mol. The molecule has 0 aliphatic carbocycles. The molecule has 2 amide bonds. The molecule has 4 unspecified atom stereocenters. The Balaban J connectivity index is 1.51. The van der Waals surface area contributed by atoms with Crippen molar-refractivity contribution in [2.24, 2.45) is 5.92 Å². The van der Waals surface area contributed by atoms with Crippen LogP contribution < -0.4 is 14.4 Å². The summed E-state index contributed by atoms with van der Waals surface area (Å²) >= 11 is 6.46. The molecular formula is C40H57ClN4O6S. The maximum Gasteiger partial charge on any atom is 0.410 e. The topological polar surface area (TPSA) is 101 Å². The van der Waals surface area contributed by atoms with Crippen molar-refractivity contribution in [1.29, 1.82) is 0 Å². The fourth-order valence-electron chi connectivity index (χ4n) is 7.61. The molecule has 52 heavy (non-hydrogen) atoms. The number of piperidine rings is 1. The Morgan fingerprint density at radius 1 is 1.08 bits per heavy atom. The second-order valence-electron chi connectivity index (χ2n) is 14.6. The van der Waals surface area contributed by atoms with Crippen LogP contribution >= 0.6 is 11.6 Å². The van der Waals surface area contributed by atoms with Crippen molar-refractivity contribution in [1.82, 2.24) is 14.5 Å². The maximum absolute atomic E-state index is 13.7. The van der Waals surface area contributed by atoms with Gasteiger partial charge >= 0.3 is 6.09 Å². The van der Waals surface area contributed by atoms with Crippen LogP contribution in [0.3, 0.4) is 0 Å². The van der Waals surface area contributed by atoms with Gasteiger partial charge < -0.3 is 24.0 Å². The van der Waals surface area contributed by atoms with Crippen LogP contribution in [-0.2, 0) is 31.7 Å². The number of hydrogen-bond acceptors (Lipinski definition) is 8. The van der Waals surface area contributed by atoms with Crippen LogP contribution in [0.15, 0.2) is 53.4 Å². The number of nitrogens with one attached hydrogen (secondary N) is 1. The first-order valence-corrected chi connectivity index (χ1v) is 20.4. The van der Waals surface area contributed by atoms with Crippen molar-refractivity contribution in [2.75, 3.05) is 57.9 Å². The number of ether oxygens (including phenoxy) is 3. The van der Waals surface area contributed by atoms with Gasteiger partial charge in [0.05, 0.1) is 28.8 Å². The van der Waals surface area contributed by atoms with Crippen LogP contribution in [0.4, 0.5) is 10.5 Å². The third kappa shape index (κ3) is 9.51. The van der Waals surface area contributed by atoms with E-state index in [-0.39, 0.29) is 29.9 Å². The van der Waals surface area contributed by atoms with Gasteiger partial charge in [0.1, 0.15) is 11.9 Å². The van der Waals surface area contributed by atoms with E-state index in [0.717, 1.165) is 49.2 Å². The lowest BCUT2D eigenvalue weighted by atomic mass is 9.91. The Labute approximate surface area is 317 Å². The van der Waals surface area contributed by atoms with Gasteiger partial charge in [-0.3, -0.25) is 14.4 Å². The van der Waals surface area contributed by atoms with Gasteiger partial charge in [0, 0.05) is 56.7 Å². The number of carbonyl (C=O) groups is 2. The SMILES string of the molecule is CCCc1cc(Cl)ccc1C1COc2ccc3cc2N(CCC(CC)C(OC(=O)N2CCC(OC)CC2)/C=C/CN(CC)C(C)(C)C(=O)NS3=O)C1. The number of methoxy groups -OCH3 is 1. The molecule has 5 rings (SSSR count). The van der Waals surface area contributed by atoms with E-state index >= 15 is 0 Å². The summed E-state index contributed by atoms with van der Waals surface area (Å²) < 4.78 is 34.9. The molecule has 286 valence electrons. The van der Waals surface area contributed by atoms with Crippen LogP contribution in [0.1, 0.15) is 83.8 Å². The van der Waals surface area contributed by atoms with Gasteiger partial charge in [0.25, 0.3) is 5.91 Å². The summed E-state index contributed by atoms with van der Waals surface area (Å²) in [7, 11) is -0.0667. The van der Waals surface area contributed by atoms with Crippen molar-refractivity contribution in [3.8, 4) is 5.75 Å². The van der Waals surface area contributed by atoms with Gasteiger partial charge in [-0.1, -0.05) is 50.9 Å². The highest BCUT2D eigenvalue weighted by atomic mass is 35.5. The molecule has 3 heterocycles. The predicted octanol–water partition coefficient (Wildman–Crippen LogP) is 7.12. The molecule has 12 heteroatoms. The number of fused-ring (bicyclic) bond motifs is 1. The Kier molecular flexibility index (Phi) is 14.1. The third-order valence-electron chi connectivity index (χ3n) is 11.0. The Morgan fingerprint density at radius 2 is 1.85 bits per heavy atom. The number of anilines is 1. The third-order valence-corrected chi connectivity index (χ3v) is 12.3. The summed E-state index contributed by atoms with van der Waals surface area (Å²) in [5.41, 5.74) is 2.30. The fourth-order valence-corrected chi connectivity index (χ4v) is 8.75. The van der Waals surface area contributed by atoms with Crippen LogP contribution in [0, 0.1) is 5.92 Å². The van der Waals surface area contributed by atoms with Crippen LogP contribution in [0.2, 0.25) is 5.02 Å². The zero-order valence-corrected chi connectivity index (χ0v) is 33.3. The molecule has 1 fully saturated rings. The van der Waals surface area contributed by atoms with E-state index in [4.69, 9.17) is 25.8 Å². The fraction of sp³-hybridized carbons (Fsp3) is 0.600. The molecule has 0 spiro atoms. The van der Waals surface area contributed by atoms with Gasteiger partial charge in [-0.15, -0.1) is 0 Å². The standard InChI is InChI=1S/C40H57ClN4O6S/c1-7-11-29-24-31(41)13-15-34(29)30-26-44-21-17-28(8-2)36(51-39(47)43-22-18-32(49-6)19-23-43)12-10-20-45(9-3)40(4,5)38(46)42-52(48)33-14-16-37(50-27-30)35(44)25-33/h10,12-16,24-25,28,30,32,36H,7-9,11,17-23,26-27H2,1-6H3,(H,42,46)/b12-10+. The van der Waals surface area contributed by atoms with Gasteiger partial charge in [0.2, 0.25) is 0 Å². The normalized spacial score (nSPS) is 25.5. The maximum atomic E-state index is 13.7. The molecular weight excluding hydrogens is 700 g/mol. The van der Waals surface area contributed by atoms with Crippen molar-refractivity contribution < 1.29 is 28.0 Å². The molecule has 3 aliphatic rings. The first-order chi connectivity index (χ1) is 25.0. The van der Waals surface area contributed by atoms with E-state index in [1.165, 1.54) is 11.1 Å². The summed E-state index contributed by atoms with van der Waals surface area (Å²) in [6.45, 7) is 14.0. The summed E-state index contributed by atoms with van der Waals surface area (Å²) in [6, 6.07) is 11.7. The molecule has 2 aromatic rings. The largest absolute Gasteiger partial charge is 0.491 e. The van der Waals surface area contributed by atoms with Crippen molar-refractivity contribution >= 4 is 40.3 Å². The number of rotatable bonds is 7. The quantitative estimate of drug-likeness (QED) is 0.299. The molecule has 4 atom stereocenters. The van der Waals surface area contributed by atoms with Crippen molar-refractivity contribution in [2.45, 2.75) is 102 Å². The first-order valence-electron chi connectivity index (χ1n) is 18.9. The highest BCUT2D eigenvalue weighted by Crippen LogP contribution is 2.38. The van der Waals surface area contributed by atoms with Gasteiger partial charge in [-0.2, -0.15) is 0 Å². The van der Waals surface area contributed by atoms with E-state index in [1.54, 1.807) is 18.1 Å². The van der Waals surface area contributed by atoms with Crippen molar-refractivity contribution in [3.63, 3.8) is 0 Å². The summed E-state index contributed by atoms with van der Waals surface area (Å²) in [5, 5.41) is 0.719. The summed E-state index contributed by atoms with van der Waals surface area (Å²) in [4.78, 5) is 33.9. The molecule has 1 N–H and O–H groups in total. The second kappa shape index (κ2) is 18.3. The number of amides is 2. The van der Waals surface area contributed by atoms with Gasteiger partial charge in [-0.05, 0) is 100 Å². The average Bonchev–Trinajstić information content (AvgIpc) is 3.32. The average molecular weight is 757 g/mol. The van der Waals surface area contributed by atoms with Crippen LogP contribution in [-0.4, -0.2) is 96.7 Å². The summed E-state index contributed by atoms with van der Waals surface area (Å²) in [6.07, 6.45) is 8.39. The molecule has 2 bridgehead atoms. The molecule has 0 saturated carbocycles. The van der Waals surface area contributed by atoms with Crippen molar-refractivity contribution in [3.05, 3.63) is 64.7 Å².